The van der Waals surface area contributed by atoms with Crippen molar-refractivity contribution in [1.29, 1.82) is 0 Å². The van der Waals surface area contributed by atoms with Crippen molar-refractivity contribution in [3.63, 3.8) is 0 Å². The molecule has 0 fully saturated rings. The van der Waals surface area contributed by atoms with Crippen LogP contribution in [-0.4, -0.2) is 14.5 Å². The fraction of sp³-hybridized carbons (Fsp3) is 0. The fourth-order valence-corrected chi connectivity index (χ4v) is 7.28. The molecule has 0 saturated heterocycles. The number of fused-ring (bicyclic) bond motifs is 6. The maximum Gasteiger partial charge on any atom is 0.180 e. The molecule has 10 aromatic rings. The standard InChI is InChI=1S/C46H29N3O/c1-4-13-32(14-5-1)43-45-44(48-46(47-43)33-15-6-2-7-16-33)42-36(20-12-22-41(42)50-45)31-25-23-30(24-26-31)34-27-28-38-37-19-10-11-21-39(37)49(40(38)29-34)35-17-8-3-9-18-35/h1-29H. The molecule has 0 atom stereocenters. The summed E-state index contributed by atoms with van der Waals surface area (Å²) in [6.45, 7) is 0. The van der Waals surface area contributed by atoms with Gasteiger partial charge in [-0.3, -0.25) is 0 Å². The molecule has 4 heteroatoms. The van der Waals surface area contributed by atoms with E-state index in [0.29, 0.717) is 11.4 Å². The summed E-state index contributed by atoms with van der Waals surface area (Å²) < 4.78 is 8.93. The number of furan rings is 1. The van der Waals surface area contributed by atoms with Crippen LogP contribution in [0.1, 0.15) is 0 Å². The molecule has 4 nitrogen and oxygen atoms in total. The lowest BCUT2D eigenvalue weighted by molar-refractivity contribution is 0.667. The zero-order chi connectivity index (χ0) is 33.0. The Bertz CT molecular complexity index is 2840. The van der Waals surface area contributed by atoms with Gasteiger partial charge in [0.1, 0.15) is 16.8 Å². The highest BCUT2D eigenvalue weighted by Crippen LogP contribution is 2.41. The van der Waals surface area contributed by atoms with Gasteiger partial charge < -0.3 is 8.98 Å². The Balaban J connectivity index is 1.12. The van der Waals surface area contributed by atoms with Gasteiger partial charge in [0.05, 0.1) is 16.4 Å². The second-order valence-corrected chi connectivity index (χ2v) is 12.6. The molecule has 7 aromatic carbocycles. The predicted octanol–water partition coefficient (Wildman–Crippen LogP) is 12.1. The van der Waals surface area contributed by atoms with E-state index in [0.717, 1.165) is 55.7 Å². The molecule has 0 bridgehead atoms. The van der Waals surface area contributed by atoms with E-state index in [-0.39, 0.29) is 0 Å². The predicted molar refractivity (Wildman–Crippen MR) is 205 cm³/mol. The Kier molecular flexibility index (Phi) is 6.46. The summed E-state index contributed by atoms with van der Waals surface area (Å²) in [5.74, 6) is 0.674. The first kappa shape index (κ1) is 28.3. The molecule has 10 rings (SSSR count). The van der Waals surface area contributed by atoms with Crippen LogP contribution in [0.15, 0.2) is 180 Å². The highest BCUT2D eigenvalue weighted by Gasteiger charge is 2.21. The van der Waals surface area contributed by atoms with Gasteiger partial charge in [0.2, 0.25) is 0 Å². The van der Waals surface area contributed by atoms with Gasteiger partial charge in [-0.2, -0.15) is 0 Å². The summed E-state index contributed by atoms with van der Waals surface area (Å²) in [6, 6.07) is 61.5. The largest absolute Gasteiger partial charge is 0.452 e. The summed E-state index contributed by atoms with van der Waals surface area (Å²) in [6.07, 6.45) is 0. The monoisotopic (exact) mass is 639 g/mol. The number of nitrogens with zero attached hydrogens (tertiary/aromatic N) is 3. The third-order valence-electron chi connectivity index (χ3n) is 9.64. The van der Waals surface area contributed by atoms with Gasteiger partial charge in [0, 0.05) is 27.6 Å². The van der Waals surface area contributed by atoms with Crippen molar-refractivity contribution < 1.29 is 4.42 Å². The average Bonchev–Trinajstić information content (AvgIpc) is 3.74. The van der Waals surface area contributed by atoms with E-state index in [1.807, 2.05) is 42.5 Å². The Morgan fingerprint density at radius 2 is 1.08 bits per heavy atom. The van der Waals surface area contributed by atoms with Crippen LogP contribution in [0, 0.1) is 0 Å². The molecular formula is C46H29N3O. The Morgan fingerprint density at radius 3 is 1.86 bits per heavy atom. The fourth-order valence-electron chi connectivity index (χ4n) is 7.28. The molecule has 50 heavy (non-hydrogen) atoms. The molecule has 3 heterocycles. The van der Waals surface area contributed by atoms with E-state index >= 15 is 0 Å². The molecule has 0 spiro atoms. The molecule has 0 saturated carbocycles. The van der Waals surface area contributed by atoms with Crippen molar-refractivity contribution in [1.82, 2.24) is 14.5 Å². The smallest absolute Gasteiger partial charge is 0.180 e. The minimum Gasteiger partial charge on any atom is -0.452 e. The van der Waals surface area contributed by atoms with Gasteiger partial charge in [-0.1, -0.05) is 146 Å². The van der Waals surface area contributed by atoms with E-state index in [9.17, 15) is 0 Å². The van der Waals surface area contributed by atoms with Crippen LogP contribution < -0.4 is 0 Å². The molecular weight excluding hydrogens is 611 g/mol. The lowest BCUT2D eigenvalue weighted by Crippen LogP contribution is -1.94. The van der Waals surface area contributed by atoms with Crippen LogP contribution >= 0.6 is 0 Å². The highest BCUT2D eigenvalue weighted by atomic mass is 16.3. The highest BCUT2D eigenvalue weighted by molar-refractivity contribution is 6.14. The van der Waals surface area contributed by atoms with Crippen LogP contribution in [0.25, 0.3) is 94.5 Å². The number of benzene rings is 7. The topological polar surface area (TPSA) is 43.9 Å². The number of rotatable bonds is 5. The van der Waals surface area contributed by atoms with Gasteiger partial charge in [-0.15, -0.1) is 0 Å². The lowest BCUT2D eigenvalue weighted by Gasteiger charge is -2.10. The van der Waals surface area contributed by atoms with E-state index in [2.05, 4.69) is 138 Å². The number of hydrogen-bond donors (Lipinski definition) is 0. The van der Waals surface area contributed by atoms with Gasteiger partial charge in [0.25, 0.3) is 0 Å². The van der Waals surface area contributed by atoms with E-state index in [4.69, 9.17) is 14.4 Å². The van der Waals surface area contributed by atoms with Crippen LogP contribution in [0.4, 0.5) is 0 Å². The molecule has 0 aliphatic heterocycles. The lowest BCUT2D eigenvalue weighted by atomic mass is 9.97. The van der Waals surface area contributed by atoms with Gasteiger partial charge >= 0.3 is 0 Å². The van der Waals surface area contributed by atoms with Crippen LogP contribution in [0.3, 0.4) is 0 Å². The van der Waals surface area contributed by atoms with Crippen molar-refractivity contribution in [3.8, 4) is 50.6 Å². The molecule has 0 radical (unpaired) electrons. The van der Waals surface area contributed by atoms with Crippen molar-refractivity contribution in [3.05, 3.63) is 176 Å². The first-order valence-corrected chi connectivity index (χ1v) is 16.8. The van der Waals surface area contributed by atoms with E-state index in [1.54, 1.807) is 0 Å². The molecule has 3 aromatic heterocycles. The third kappa shape index (κ3) is 4.54. The zero-order valence-electron chi connectivity index (χ0n) is 27.0. The molecule has 0 aliphatic carbocycles. The minimum absolute atomic E-state index is 0.674. The molecule has 0 amide bonds. The summed E-state index contributed by atoms with van der Waals surface area (Å²) in [7, 11) is 0. The van der Waals surface area contributed by atoms with Crippen LogP contribution in [-0.2, 0) is 0 Å². The SMILES string of the molecule is c1ccc(-c2nc(-c3ccccc3)c3oc4cccc(-c5ccc(-c6ccc7c8ccccc8n(-c8ccccc8)c7c6)cc5)c4c3n2)cc1. The Hall–Kier alpha value is -6.78. The van der Waals surface area contributed by atoms with Crippen LogP contribution in [0.2, 0.25) is 0 Å². The number of aromatic nitrogens is 3. The molecule has 0 aliphatic rings. The number of para-hydroxylation sites is 2. The Morgan fingerprint density at radius 1 is 0.440 bits per heavy atom. The first-order chi connectivity index (χ1) is 24.8. The summed E-state index contributed by atoms with van der Waals surface area (Å²) in [5, 5.41) is 3.49. The number of hydrogen-bond acceptors (Lipinski definition) is 3. The third-order valence-corrected chi connectivity index (χ3v) is 9.64. The van der Waals surface area contributed by atoms with Gasteiger partial charge in [-0.05, 0) is 52.6 Å². The summed E-state index contributed by atoms with van der Waals surface area (Å²) >= 11 is 0. The van der Waals surface area contributed by atoms with Crippen molar-refractivity contribution in [2.24, 2.45) is 0 Å². The molecule has 234 valence electrons. The van der Waals surface area contributed by atoms with Crippen molar-refractivity contribution in [2.45, 2.75) is 0 Å². The Labute approximate surface area is 288 Å². The molecule has 0 unspecified atom stereocenters. The molecule has 0 N–H and O–H groups in total. The van der Waals surface area contributed by atoms with E-state index in [1.165, 1.54) is 27.4 Å². The maximum atomic E-state index is 6.57. The summed E-state index contributed by atoms with van der Waals surface area (Å²) in [5.41, 5.74) is 13.1. The quantitative estimate of drug-likeness (QED) is 0.188. The van der Waals surface area contributed by atoms with Crippen molar-refractivity contribution in [2.75, 3.05) is 0 Å². The summed E-state index contributed by atoms with van der Waals surface area (Å²) in [4.78, 5) is 10.2. The average molecular weight is 640 g/mol. The van der Waals surface area contributed by atoms with E-state index < -0.39 is 0 Å². The second kappa shape index (κ2) is 11.4. The van der Waals surface area contributed by atoms with Crippen molar-refractivity contribution >= 4 is 43.9 Å². The maximum absolute atomic E-state index is 6.57. The van der Waals surface area contributed by atoms with Gasteiger partial charge in [0.15, 0.2) is 11.4 Å². The first-order valence-electron chi connectivity index (χ1n) is 16.8. The van der Waals surface area contributed by atoms with Gasteiger partial charge in [-0.25, -0.2) is 9.97 Å². The zero-order valence-corrected chi connectivity index (χ0v) is 27.0. The van der Waals surface area contributed by atoms with Crippen LogP contribution in [0.5, 0.6) is 0 Å². The normalized spacial score (nSPS) is 11.6. The minimum atomic E-state index is 0.674. The second-order valence-electron chi connectivity index (χ2n) is 12.6.